The number of carbonyl (C=O) groups is 1. The van der Waals surface area contributed by atoms with Crippen LogP contribution in [0.2, 0.25) is 0 Å². The lowest BCUT2D eigenvalue weighted by atomic mass is 10.2. The van der Waals surface area contributed by atoms with Gasteiger partial charge in [0.05, 0.1) is 11.6 Å². The highest BCUT2D eigenvalue weighted by atomic mass is 32.2. The summed E-state index contributed by atoms with van der Waals surface area (Å²) in [5.74, 6) is 1.76. The zero-order valence-corrected chi connectivity index (χ0v) is 12.4. The van der Waals surface area contributed by atoms with E-state index in [0.717, 1.165) is 30.3 Å². The Balaban J connectivity index is 1.80. The largest absolute Gasteiger partial charge is 0.347 e. The molecule has 1 saturated heterocycles. The van der Waals surface area contributed by atoms with Crippen molar-refractivity contribution in [3.05, 3.63) is 30.5 Å². The number of fused-ring (bicyclic) bond motifs is 1. The van der Waals surface area contributed by atoms with E-state index in [4.69, 9.17) is 0 Å². The van der Waals surface area contributed by atoms with E-state index in [1.54, 1.807) is 11.8 Å². The molecule has 1 aromatic heterocycles. The van der Waals surface area contributed by atoms with Crippen LogP contribution in [-0.4, -0.2) is 28.1 Å². The van der Waals surface area contributed by atoms with Crippen LogP contribution in [0.1, 0.15) is 13.3 Å². The van der Waals surface area contributed by atoms with Crippen molar-refractivity contribution in [3.8, 4) is 0 Å². The predicted molar refractivity (Wildman–Crippen MR) is 85.1 cm³/mol. The van der Waals surface area contributed by atoms with Gasteiger partial charge in [0.2, 0.25) is 5.91 Å². The third-order valence-electron chi connectivity index (χ3n) is 3.54. The monoisotopic (exact) mass is 289 g/mol. The zero-order valence-electron chi connectivity index (χ0n) is 11.6. The van der Waals surface area contributed by atoms with Crippen molar-refractivity contribution in [1.82, 2.24) is 9.88 Å². The highest BCUT2D eigenvalue weighted by molar-refractivity contribution is 7.99. The Labute approximate surface area is 122 Å². The molecular weight excluding hydrogens is 270 g/mol. The van der Waals surface area contributed by atoms with Gasteiger partial charge >= 0.3 is 0 Å². The number of aromatic nitrogens is 1. The first-order valence-corrected chi connectivity index (χ1v) is 8.14. The Morgan fingerprint density at radius 1 is 1.50 bits per heavy atom. The van der Waals surface area contributed by atoms with E-state index >= 15 is 0 Å². The first-order valence-electron chi connectivity index (χ1n) is 6.99. The number of rotatable bonds is 4. The maximum atomic E-state index is 12.1. The molecule has 2 N–H and O–H groups in total. The SMILES string of the molecule is CCCn1ccc2ccc(NC(=O)C3CSCN3)cc21. The summed E-state index contributed by atoms with van der Waals surface area (Å²) in [5.41, 5.74) is 2.05. The van der Waals surface area contributed by atoms with E-state index in [-0.39, 0.29) is 11.9 Å². The Hall–Kier alpha value is -1.46. The smallest absolute Gasteiger partial charge is 0.242 e. The van der Waals surface area contributed by atoms with Gasteiger partial charge in [0.15, 0.2) is 0 Å². The fourth-order valence-electron chi connectivity index (χ4n) is 2.49. The number of benzene rings is 1. The van der Waals surface area contributed by atoms with Gasteiger partial charge in [-0.15, -0.1) is 11.8 Å². The first kappa shape index (κ1) is 13.5. The van der Waals surface area contributed by atoms with E-state index in [1.165, 1.54) is 10.9 Å². The minimum absolute atomic E-state index is 0.0583. The molecule has 3 rings (SSSR count). The summed E-state index contributed by atoms with van der Waals surface area (Å²) in [4.78, 5) is 12.1. The predicted octanol–water partition coefficient (Wildman–Crippen LogP) is 2.65. The third kappa shape index (κ3) is 2.69. The number of nitrogens with one attached hydrogen (secondary N) is 2. The molecule has 0 saturated carbocycles. The second-order valence-electron chi connectivity index (χ2n) is 5.04. The normalized spacial score (nSPS) is 18.6. The van der Waals surface area contributed by atoms with Gasteiger partial charge in [-0.1, -0.05) is 13.0 Å². The lowest BCUT2D eigenvalue weighted by Crippen LogP contribution is -2.37. The molecule has 106 valence electrons. The van der Waals surface area contributed by atoms with Gasteiger partial charge in [-0.05, 0) is 30.0 Å². The summed E-state index contributed by atoms with van der Waals surface area (Å²) in [6.07, 6.45) is 3.21. The molecule has 0 bridgehead atoms. The van der Waals surface area contributed by atoms with Crippen molar-refractivity contribution in [2.24, 2.45) is 0 Å². The van der Waals surface area contributed by atoms with Crippen LogP contribution in [0.5, 0.6) is 0 Å². The summed E-state index contributed by atoms with van der Waals surface area (Å²) >= 11 is 1.76. The van der Waals surface area contributed by atoms with Gasteiger partial charge in [-0.3, -0.25) is 10.1 Å². The molecule has 1 amide bonds. The fourth-order valence-corrected chi connectivity index (χ4v) is 3.43. The number of amides is 1. The molecule has 1 fully saturated rings. The maximum Gasteiger partial charge on any atom is 0.242 e. The Morgan fingerprint density at radius 2 is 2.40 bits per heavy atom. The van der Waals surface area contributed by atoms with Crippen LogP contribution in [-0.2, 0) is 11.3 Å². The number of hydrogen-bond donors (Lipinski definition) is 2. The minimum atomic E-state index is -0.0712. The van der Waals surface area contributed by atoms with Gasteiger partial charge in [0, 0.05) is 30.1 Å². The molecule has 1 atom stereocenters. The molecule has 5 heteroatoms. The quantitative estimate of drug-likeness (QED) is 0.909. The molecule has 1 aliphatic heterocycles. The zero-order chi connectivity index (χ0) is 13.9. The van der Waals surface area contributed by atoms with E-state index in [1.807, 2.05) is 6.07 Å². The summed E-state index contributed by atoms with van der Waals surface area (Å²) < 4.78 is 2.23. The van der Waals surface area contributed by atoms with Gasteiger partial charge in [0.25, 0.3) is 0 Å². The van der Waals surface area contributed by atoms with Crippen molar-refractivity contribution < 1.29 is 4.79 Å². The van der Waals surface area contributed by atoms with Crippen molar-refractivity contribution in [2.75, 3.05) is 16.9 Å². The number of carbonyl (C=O) groups excluding carboxylic acids is 1. The molecule has 1 unspecified atom stereocenters. The summed E-state index contributed by atoms with van der Waals surface area (Å²) in [5, 5.41) is 7.41. The van der Waals surface area contributed by atoms with E-state index in [2.05, 4.69) is 46.5 Å². The molecule has 0 radical (unpaired) electrons. The lowest BCUT2D eigenvalue weighted by molar-refractivity contribution is -0.117. The fraction of sp³-hybridized carbons (Fsp3) is 0.400. The van der Waals surface area contributed by atoms with Crippen LogP contribution in [0.3, 0.4) is 0 Å². The van der Waals surface area contributed by atoms with E-state index in [0.29, 0.717) is 0 Å². The van der Waals surface area contributed by atoms with Crippen LogP contribution in [0.25, 0.3) is 10.9 Å². The van der Waals surface area contributed by atoms with Gasteiger partial charge in [0.1, 0.15) is 0 Å². The van der Waals surface area contributed by atoms with Crippen LogP contribution in [0, 0.1) is 0 Å². The summed E-state index contributed by atoms with van der Waals surface area (Å²) in [6.45, 7) is 3.17. The number of hydrogen-bond acceptors (Lipinski definition) is 3. The second kappa shape index (κ2) is 5.89. The van der Waals surface area contributed by atoms with Crippen molar-refractivity contribution in [1.29, 1.82) is 0 Å². The lowest BCUT2D eigenvalue weighted by Gasteiger charge is -2.11. The van der Waals surface area contributed by atoms with Crippen LogP contribution >= 0.6 is 11.8 Å². The molecular formula is C15H19N3OS. The molecule has 0 aliphatic carbocycles. The Morgan fingerprint density at radius 3 is 3.15 bits per heavy atom. The van der Waals surface area contributed by atoms with Gasteiger partial charge < -0.3 is 9.88 Å². The Kier molecular flexibility index (Phi) is 3.98. The first-order chi connectivity index (χ1) is 9.78. The van der Waals surface area contributed by atoms with Crippen molar-refractivity contribution in [2.45, 2.75) is 25.9 Å². The number of aryl methyl sites for hydroxylation is 1. The topological polar surface area (TPSA) is 46.1 Å². The van der Waals surface area contributed by atoms with Crippen molar-refractivity contribution in [3.63, 3.8) is 0 Å². The van der Waals surface area contributed by atoms with Gasteiger partial charge in [-0.2, -0.15) is 0 Å². The maximum absolute atomic E-state index is 12.1. The van der Waals surface area contributed by atoms with Gasteiger partial charge in [-0.25, -0.2) is 0 Å². The molecule has 1 aromatic carbocycles. The standard InChI is InChI=1S/C15H19N3OS/c1-2-6-18-7-5-11-3-4-12(8-14(11)18)17-15(19)13-9-20-10-16-13/h3-5,7-8,13,16H,2,6,9-10H2,1H3,(H,17,19). The average Bonchev–Trinajstić information content (AvgIpc) is 3.09. The highest BCUT2D eigenvalue weighted by Crippen LogP contribution is 2.21. The molecule has 4 nitrogen and oxygen atoms in total. The van der Waals surface area contributed by atoms with Crippen LogP contribution in [0.15, 0.2) is 30.5 Å². The summed E-state index contributed by atoms with van der Waals surface area (Å²) in [6, 6.07) is 8.14. The van der Waals surface area contributed by atoms with Crippen LogP contribution < -0.4 is 10.6 Å². The molecule has 20 heavy (non-hydrogen) atoms. The number of thioether (sulfide) groups is 1. The molecule has 1 aliphatic rings. The third-order valence-corrected chi connectivity index (χ3v) is 4.48. The number of anilines is 1. The molecule has 0 spiro atoms. The van der Waals surface area contributed by atoms with E-state index in [9.17, 15) is 4.79 Å². The average molecular weight is 289 g/mol. The van der Waals surface area contributed by atoms with E-state index < -0.39 is 0 Å². The number of nitrogens with zero attached hydrogens (tertiary/aromatic N) is 1. The Bertz CT molecular complexity index is 617. The minimum Gasteiger partial charge on any atom is -0.347 e. The molecule has 2 aromatic rings. The summed E-state index contributed by atoms with van der Waals surface area (Å²) in [7, 11) is 0. The highest BCUT2D eigenvalue weighted by Gasteiger charge is 2.22. The van der Waals surface area contributed by atoms with Crippen molar-refractivity contribution >= 4 is 34.3 Å². The van der Waals surface area contributed by atoms with Crippen LogP contribution in [0.4, 0.5) is 5.69 Å². The molecule has 2 heterocycles. The second-order valence-corrected chi connectivity index (χ2v) is 6.07.